The molecule has 0 unspecified atom stereocenters. The van der Waals surface area contributed by atoms with Crippen molar-refractivity contribution in [2.75, 3.05) is 0 Å². The van der Waals surface area contributed by atoms with E-state index >= 15 is 0 Å². The molecule has 0 aromatic carbocycles. The second-order valence-corrected chi connectivity index (χ2v) is 4.90. The first kappa shape index (κ1) is 8.74. The molecular formula is C12H16O. The minimum atomic E-state index is 0.127. The summed E-state index contributed by atoms with van der Waals surface area (Å²) in [6, 6.07) is 0. The third-order valence-electron chi connectivity index (χ3n) is 3.68. The van der Waals surface area contributed by atoms with Crippen molar-refractivity contribution in [3.63, 3.8) is 0 Å². The Morgan fingerprint density at radius 2 is 1.85 bits per heavy atom. The van der Waals surface area contributed by atoms with Crippen LogP contribution >= 0.6 is 0 Å². The summed E-state index contributed by atoms with van der Waals surface area (Å²) in [6.45, 7) is 4.42. The van der Waals surface area contributed by atoms with E-state index in [1.54, 1.807) is 6.08 Å². The molecule has 0 N–H and O–H groups in total. The molecule has 2 rings (SSSR count). The third kappa shape index (κ3) is 1.18. The fraction of sp³-hybridized carbons (Fsp3) is 0.583. The van der Waals surface area contributed by atoms with Gasteiger partial charge in [-0.1, -0.05) is 32.1 Å². The zero-order valence-electron chi connectivity index (χ0n) is 8.34. The summed E-state index contributed by atoms with van der Waals surface area (Å²) in [5, 5.41) is 0. The maximum atomic E-state index is 11.3. The molecule has 0 heterocycles. The molecule has 0 aromatic rings. The summed E-state index contributed by atoms with van der Waals surface area (Å²) >= 11 is 0. The first-order valence-corrected chi connectivity index (χ1v) is 4.93. The van der Waals surface area contributed by atoms with E-state index in [1.165, 1.54) is 0 Å². The van der Waals surface area contributed by atoms with Crippen LogP contribution in [0.3, 0.4) is 0 Å². The van der Waals surface area contributed by atoms with Crippen LogP contribution in [0.25, 0.3) is 0 Å². The van der Waals surface area contributed by atoms with Gasteiger partial charge in [-0.05, 0) is 24.3 Å². The number of rotatable bonds is 0. The second kappa shape index (κ2) is 2.57. The Morgan fingerprint density at radius 1 is 1.23 bits per heavy atom. The molecule has 0 saturated carbocycles. The molecule has 0 aromatic heterocycles. The van der Waals surface area contributed by atoms with E-state index in [0.717, 1.165) is 12.8 Å². The first-order valence-electron chi connectivity index (χ1n) is 4.93. The summed E-state index contributed by atoms with van der Waals surface area (Å²) in [6.07, 6.45) is 11.3. The molecule has 0 bridgehead atoms. The lowest BCUT2D eigenvalue weighted by atomic mass is 9.59. The number of carbonyl (C=O) groups excluding carboxylic acids is 1. The Balaban J connectivity index is 2.37. The summed E-state index contributed by atoms with van der Waals surface area (Å²) in [5.74, 6) is 0.280. The van der Waals surface area contributed by atoms with Crippen LogP contribution in [0.15, 0.2) is 24.3 Å². The van der Waals surface area contributed by atoms with Gasteiger partial charge in [0.25, 0.3) is 0 Å². The van der Waals surface area contributed by atoms with Gasteiger partial charge in [-0.3, -0.25) is 4.79 Å². The lowest BCUT2D eigenvalue weighted by molar-refractivity contribution is -0.119. The van der Waals surface area contributed by atoms with Crippen LogP contribution in [-0.2, 0) is 4.79 Å². The zero-order valence-corrected chi connectivity index (χ0v) is 8.34. The van der Waals surface area contributed by atoms with Crippen LogP contribution in [0.4, 0.5) is 0 Å². The number of allylic oxidation sites excluding steroid dienone is 4. The van der Waals surface area contributed by atoms with E-state index in [-0.39, 0.29) is 16.6 Å². The van der Waals surface area contributed by atoms with Gasteiger partial charge in [0.2, 0.25) is 0 Å². The van der Waals surface area contributed by atoms with Crippen LogP contribution in [0.5, 0.6) is 0 Å². The third-order valence-corrected chi connectivity index (χ3v) is 3.68. The highest BCUT2D eigenvalue weighted by molar-refractivity contribution is 5.91. The van der Waals surface area contributed by atoms with E-state index in [2.05, 4.69) is 32.1 Å². The van der Waals surface area contributed by atoms with Crippen LogP contribution < -0.4 is 0 Å². The number of hydrogen-bond acceptors (Lipinski definition) is 1. The van der Waals surface area contributed by atoms with Gasteiger partial charge < -0.3 is 0 Å². The van der Waals surface area contributed by atoms with Crippen LogP contribution in [0.2, 0.25) is 0 Å². The summed E-state index contributed by atoms with van der Waals surface area (Å²) in [4.78, 5) is 11.3. The summed E-state index contributed by atoms with van der Waals surface area (Å²) < 4.78 is 0. The molecule has 0 fully saturated rings. The highest BCUT2D eigenvalue weighted by atomic mass is 16.1. The van der Waals surface area contributed by atoms with Gasteiger partial charge in [0, 0.05) is 11.8 Å². The Morgan fingerprint density at radius 3 is 2.38 bits per heavy atom. The van der Waals surface area contributed by atoms with Crippen molar-refractivity contribution in [1.82, 2.24) is 0 Å². The van der Waals surface area contributed by atoms with E-state index in [9.17, 15) is 4.79 Å². The number of carbonyl (C=O) groups is 1. The second-order valence-electron chi connectivity index (χ2n) is 4.90. The van der Waals surface area contributed by atoms with E-state index in [1.807, 2.05) is 0 Å². The first-order chi connectivity index (χ1) is 6.06. The Bertz CT molecular complexity index is 286. The molecule has 0 saturated heterocycles. The molecule has 2 aliphatic rings. The van der Waals surface area contributed by atoms with Crippen molar-refractivity contribution in [3.05, 3.63) is 24.3 Å². The monoisotopic (exact) mass is 176 g/mol. The smallest absolute Gasteiger partial charge is 0.155 e. The van der Waals surface area contributed by atoms with Gasteiger partial charge in [0.05, 0.1) is 0 Å². The van der Waals surface area contributed by atoms with Crippen molar-refractivity contribution >= 4 is 5.78 Å². The molecular weight excluding hydrogens is 160 g/mol. The van der Waals surface area contributed by atoms with Crippen LogP contribution in [0, 0.1) is 10.8 Å². The van der Waals surface area contributed by atoms with Gasteiger partial charge in [0.15, 0.2) is 5.78 Å². The van der Waals surface area contributed by atoms with Crippen molar-refractivity contribution in [1.29, 1.82) is 0 Å². The highest BCUT2D eigenvalue weighted by Gasteiger charge is 2.45. The molecule has 0 aliphatic heterocycles. The van der Waals surface area contributed by atoms with Crippen LogP contribution in [-0.4, -0.2) is 5.78 Å². The summed E-state index contributed by atoms with van der Waals surface area (Å²) in [5.41, 5.74) is 0.364. The molecule has 2 aliphatic carbocycles. The number of ketones is 1. The fourth-order valence-corrected chi connectivity index (χ4v) is 2.51. The number of hydrogen-bond donors (Lipinski definition) is 0. The van der Waals surface area contributed by atoms with E-state index in [4.69, 9.17) is 0 Å². The lowest BCUT2D eigenvalue weighted by Crippen LogP contribution is -2.38. The SMILES string of the molecule is CC1(C)CC(=O)C=CC12CC=CC2. The van der Waals surface area contributed by atoms with Gasteiger partial charge in [-0.2, -0.15) is 0 Å². The Hall–Kier alpha value is -0.850. The van der Waals surface area contributed by atoms with Crippen LogP contribution in [0.1, 0.15) is 33.1 Å². The predicted molar refractivity (Wildman–Crippen MR) is 53.4 cm³/mol. The average molecular weight is 176 g/mol. The van der Waals surface area contributed by atoms with E-state index in [0.29, 0.717) is 6.42 Å². The normalized spacial score (nSPS) is 28.6. The standard InChI is InChI=1S/C12H16O/c1-11(2)9-10(13)5-8-12(11)6-3-4-7-12/h3-5,8H,6-7,9H2,1-2H3. The van der Waals surface area contributed by atoms with Crippen molar-refractivity contribution in [2.24, 2.45) is 10.8 Å². The summed E-state index contributed by atoms with van der Waals surface area (Å²) in [7, 11) is 0. The van der Waals surface area contributed by atoms with Gasteiger partial charge in [-0.25, -0.2) is 0 Å². The van der Waals surface area contributed by atoms with Crippen molar-refractivity contribution in [3.8, 4) is 0 Å². The quantitative estimate of drug-likeness (QED) is 0.519. The molecule has 1 spiro atoms. The fourth-order valence-electron chi connectivity index (χ4n) is 2.51. The van der Waals surface area contributed by atoms with Gasteiger partial charge in [-0.15, -0.1) is 0 Å². The zero-order chi connectivity index (χ0) is 9.53. The van der Waals surface area contributed by atoms with Gasteiger partial charge in [0.1, 0.15) is 0 Å². The molecule has 1 heteroatoms. The van der Waals surface area contributed by atoms with E-state index < -0.39 is 0 Å². The Labute approximate surface area is 79.5 Å². The predicted octanol–water partition coefficient (Wildman–Crippen LogP) is 2.88. The van der Waals surface area contributed by atoms with Crippen molar-refractivity contribution in [2.45, 2.75) is 33.1 Å². The maximum Gasteiger partial charge on any atom is 0.155 e. The average Bonchev–Trinajstić information content (AvgIpc) is 2.47. The molecule has 13 heavy (non-hydrogen) atoms. The topological polar surface area (TPSA) is 17.1 Å². The maximum absolute atomic E-state index is 11.3. The largest absolute Gasteiger partial charge is 0.295 e. The molecule has 1 nitrogen and oxygen atoms in total. The molecule has 0 atom stereocenters. The molecule has 70 valence electrons. The Kier molecular flexibility index (Phi) is 1.73. The highest BCUT2D eigenvalue weighted by Crippen LogP contribution is 2.53. The minimum Gasteiger partial charge on any atom is -0.295 e. The van der Waals surface area contributed by atoms with Gasteiger partial charge >= 0.3 is 0 Å². The molecule has 0 amide bonds. The van der Waals surface area contributed by atoms with Crippen molar-refractivity contribution < 1.29 is 4.79 Å². The molecule has 0 radical (unpaired) electrons. The minimum absolute atomic E-state index is 0.127. The lowest BCUT2D eigenvalue weighted by Gasteiger charge is -2.44.